The number of hydrogen-bond acceptors (Lipinski definition) is 1. The van der Waals surface area contributed by atoms with E-state index in [0.717, 1.165) is 6.54 Å². The first-order chi connectivity index (χ1) is 4.72. The van der Waals surface area contributed by atoms with Crippen LogP contribution in [-0.2, 0) is 0 Å². The standard InChI is InChI=1S/C8H12BrN/c1-7(2)10-6-4-3-5-8(10)9/h3-5,7H,6H2,1-2H3. The Kier molecular flexibility index (Phi) is 2.55. The summed E-state index contributed by atoms with van der Waals surface area (Å²) in [5.41, 5.74) is 0. The summed E-state index contributed by atoms with van der Waals surface area (Å²) in [6, 6.07) is 0.579. The molecule has 0 aliphatic carbocycles. The molecule has 1 aliphatic rings. The molecule has 1 rings (SSSR count). The lowest BCUT2D eigenvalue weighted by Crippen LogP contribution is -2.29. The SMILES string of the molecule is CC(C)N1CC=CC=C1Br. The average Bonchev–Trinajstić information content (AvgIpc) is 1.88. The molecule has 0 N–H and O–H groups in total. The second-order valence-electron chi connectivity index (χ2n) is 2.66. The lowest BCUT2D eigenvalue weighted by molar-refractivity contribution is 0.333. The summed E-state index contributed by atoms with van der Waals surface area (Å²) in [6.45, 7) is 5.40. The number of hydrogen-bond donors (Lipinski definition) is 0. The zero-order valence-corrected chi connectivity index (χ0v) is 7.93. The number of nitrogens with zero attached hydrogens (tertiary/aromatic N) is 1. The van der Waals surface area contributed by atoms with Gasteiger partial charge in [-0.05, 0) is 35.9 Å². The van der Waals surface area contributed by atoms with Crippen LogP contribution in [-0.4, -0.2) is 17.5 Å². The average molecular weight is 202 g/mol. The second-order valence-corrected chi connectivity index (χ2v) is 3.48. The van der Waals surface area contributed by atoms with Gasteiger partial charge in [0.05, 0.1) is 4.61 Å². The molecule has 0 aromatic rings. The van der Waals surface area contributed by atoms with Gasteiger partial charge in [-0.25, -0.2) is 0 Å². The first kappa shape index (κ1) is 7.86. The smallest absolute Gasteiger partial charge is 0.0811 e. The third-order valence-corrected chi connectivity index (χ3v) is 2.29. The highest BCUT2D eigenvalue weighted by Gasteiger charge is 2.10. The molecule has 0 unspecified atom stereocenters. The van der Waals surface area contributed by atoms with E-state index in [1.165, 1.54) is 4.61 Å². The normalized spacial score (nSPS) is 18.0. The quantitative estimate of drug-likeness (QED) is 0.590. The monoisotopic (exact) mass is 201 g/mol. The van der Waals surface area contributed by atoms with Crippen LogP contribution in [0.25, 0.3) is 0 Å². The van der Waals surface area contributed by atoms with Crippen molar-refractivity contribution in [1.82, 2.24) is 4.90 Å². The van der Waals surface area contributed by atoms with E-state index >= 15 is 0 Å². The third-order valence-electron chi connectivity index (χ3n) is 1.57. The second kappa shape index (κ2) is 3.24. The Hall–Kier alpha value is -0.240. The molecule has 1 heterocycles. The molecule has 0 aromatic carbocycles. The Morgan fingerprint density at radius 1 is 1.60 bits per heavy atom. The minimum atomic E-state index is 0.579. The van der Waals surface area contributed by atoms with Crippen molar-refractivity contribution in [3.05, 3.63) is 22.8 Å². The van der Waals surface area contributed by atoms with Crippen LogP contribution in [0.15, 0.2) is 22.8 Å². The van der Waals surface area contributed by atoms with Crippen molar-refractivity contribution in [2.24, 2.45) is 0 Å². The fraction of sp³-hybridized carbons (Fsp3) is 0.500. The molecule has 2 heteroatoms. The van der Waals surface area contributed by atoms with E-state index < -0.39 is 0 Å². The van der Waals surface area contributed by atoms with E-state index in [4.69, 9.17) is 0 Å². The van der Waals surface area contributed by atoms with Crippen LogP contribution < -0.4 is 0 Å². The summed E-state index contributed by atoms with van der Waals surface area (Å²) in [5, 5.41) is 0. The molecule has 10 heavy (non-hydrogen) atoms. The van der Waals surface area contributed by atoms with Gasteiger partial charge in [-0.1, -0.05) is 12.2 Å². The molecule has 0 saturated carbocycles. The maximum absolute atomic E-state index is 3.49. The maximum atomic E-state index is 3.49. The van der Waals surface area contributed by atoms with Crippen LogP contribution in [0, 0.1) is 0 Å². The van der Waals surface area contributed by atoms with Crippen molar-refractivity contribution in [3.8, 4) is 0 Å². The van der Waals surface area contributed by atoms with Gasteiger partial charge in [0, 0.05) is 12.6 Å². The first-order valence-electron chi connectivity index (χ1n) is 3.51. The van der Waals surface area contributed by atoms with Gasteiger partial charge in [0.1, 0.15) is 0 Å². The fourth-order valence-corrected chi connectivity index (χ4v) is 1.67. The summed E-state index contributed by atoms with van der Waals surface area (Å²) in [6.07, 6.45) is 6.30. The van der Waals surface area contributed by atoms with Gasteiger partial charge in [-0.2, -0.15) is 0 Å². The van der Waals surface area contributed by atoms with Gasteiger partial charge in [0.25, 0.3) is 0 Å². The summed E-state index contributed by atoms with van der Waals surface area (Å²) in [4.78, 5) is 2.29. The Morgan fingerprint density at radius 3 is 2.70 bits per heavy atom. The number of allylic oxidation sites excluding steroid dienone is 2. The molecule has 0 bridgehead atoms. The van der Waals surface area contributed by atoms with Crippen LogP contribution in [0.2, 0.25) is 0 Å². The maximum Gasteiger partial charge on any atom is 0.0811 e. The Labute approximate surface area is 70.5 Å². The molecule has 0 saturated heterocycles. The molecule has 1 aliphatic heterocycles. The number of rotatable bonds is 1. The van der Waals surface area contributed by atoms with Crippen molar-refractivity contribution in [2.75, 3.05) is 6.54 Å². The van der Waals surface area contributed by atoms with Crippen LogP contribution in [0.3, 0.4) is 0 Å². The summed E-state index contributed by atoms with van der Waals surface area (Å²) in [7, 11) is 0. The predicted octanol–water partition coefficient (Wildman–Crippen LogP) is 2.50. The van der Waals surface area contributed by atoms with E-state index in [0.29, 0.717) is 6.04 Å². The van der Waals surface area contributed by atoms with E-state index in [9.17, 15) is 0 Å². The molecule has 0 fully saturated rings. The van der Waals surface area contributed by atoms with E-state index in [1.807, 2.05) is 0 Å². The third kappa shape index (κ3) is 1.63. The summed E-state index contributed by atoms with van der Waals surface area (Å²) < 4.78 is 1.19. The Bertz CT molecular complexity index is 170. The zero-order valence-electron chi connectivity index (χ0n) is 6.34. The first-order valence-corrected chi connectivity index (χ1v) is 4.30. The largest absolute Gasteiger partial charge is 0.360 e. The van der Waals surface area contributed by atoms with Gasteiger partial charge in [0.2, 0.25) is 0 Å². The van der Waals surface area contributed by atoms with Gasteiger partial charge in [-0.15, -0.1) is 0 Å². The molecule has 0 aromatic heterocycles. The van der Waals surface area contributed by atoms with E-state index in [-0.39, 0.29) is 0 Å². The summed E-state index contributed by atoms with van der Waals surface area (Å²) >= 11 is 3.49. The molecule has 0 spiro atoms. The minimum absolute atomic E-state index is 0.579. The van der Waals surface area contributed by atoms with Gasteiger partial charge in [-0.3, -0.25) is 0 Å². The molecule has 0 amide bonds. The van der Waals surface area contributed by atoms with Crippen LogP contribution in [0.4, 0.5) is 0 Å². The van der Waals surface area contributed by atoms with Crippen molar-refractivity contribution in [1.29, 1.82) is 0 Å². The zero-order chi connectivity index (χ0) is 7.56. The lowest BCUT2D eigenvalue weighted by Gasteiger charge is -2.28. The van der Waals surface area contributed by atoms with Crippen molar-refractivity contribution in [2.45, 2.75) is 19.9 Å². The molecule has 56 valence electrons. The predicted molar refractivity (Wildman–Crippen MR) is 48.0 cm³/mol. The molecule has 0 radical (unpaired) electrons. The summed E-state index contributed by atoms with van der Waals surface area (Å²) in [5.74, 6) is 0. The molecule has 1 nitrogen and oxygen atoms in total. The fourth-order valence-electron chi connectivity index (χ4n) is 0.962. The lowest BCUT2D eigenvalue weighted by atomic mass is 10.3. The Morgan fingerprint density at radius 2 is 2.30 bits per heavy atom. The highest BCUT2D eigenvalue weighted by molar-refractivity contribution is 9.11. The van der Waals surface area contributed by atoms with E-state index in [1.54, 1.807) is 0 Å². The topological polar surface area (TPSA) is 3.24 Å². The molecular weight excluding hydrogens is 190 g/mol. The van der Waals surface area contributed by atoms with Crippen LogP contribution in [0.5, 0.6) is 0 Å². The van der Waals surface area contributed by atoms with Crippen LogP contribution in [0.1, 0.15) is 13.8 Å². The van der Waals surface area contributed by atoms with Gasteiger partial charge >= 0.3 is 0 Å². The van der Waals surface area contributed by atoms with Crippen molar-refractivity contribution >= 4 is 15.9 Å². The highest BCUT2D eigenvalue weighted by atomic mass is 79.9. The van der Waals surface area contributed by atoms with E-state index in [2.05, 4.69) is 52.9 Å². The Balaban J connectivity index is 2.64. The number of halogens is 1. The van der Waals surface area contributed by atoms with Gasteiger partial charge < -0.3 is 4.90 Å². The van der Waals surface area contributed by atoms with Crippen LogP contribution >= 0.6 is 15.9 Å². The minimum Gasteiger partial charge on any atom is -0.360 e. The highest BCUT2D eigenvalue weighted by Crippen LogP contribution is 2.18. The van der Waals surface area contributed by atoms with Gasteiger partial charge in [0.15, 0.2) is 0 Å². The molecular formula is C8H12BrN. The van der Waals surface area contributed by atoms with Crippen molar-refractivity contribution < 1.29 is 0 Å². The molecule has 0 atom stereocenters. The van der Waals surface area contributed by atoms with Crippen molar-refractivity contribution in [3.63, 3.8) is 0 Å².